The zero-order chi connectivity index (χ0) is 14.5. The van der Waals surface area contributed by atoms with Crippen molar-refractivity contribution in [1.82, 2.24) is 4.90 Å². The van der Waals surface area contributed by atoms with E-state index in [1.165, 1.54) is 18.4 Å². The standard InChI is InChI=1S/C12H17F2NO3S/c1-15(7-8-19(2,16)17)9-10-3-5-11(6-4-10)18-12(13)14/h3-6,12H,7-9H2,1-2H3. The number of nitrogens with zero attached hydrogens (tertiary/aromatic N) is 1. The SMILES string of the molecule is CN(CCS(C)(=O)=O)Cc1ccc(OC(F)F)cc1. The zero-order valence-corrected chi connectivity index (χ0v) is 11.7. The van der Waals surface area contributed by atoms with Gasteiger partial charge in [0.1, 0.15) is 15.6 Å². The van der Waals surface area contributed by atoms with Gasteiger partial charge in [0.15, 0.2) is 0 Å². The van der Waals surface area contributed by atoms with Crippen molar-refractivity contribution in [1.29, 1.82) is 0 Å². The van der Waals surface area contributed by atoms with Crippen molar-refractivity contribution < 1.29 is 21.9 Å². The van der Waals surface area contributed by atoms with E-state index in [1.807, 2.05) is 4.90 Å². The summed E-state index contributed by atoms with van der Waals surface area (Å²) >= 11 is 0. The molecule has 0 aromatic heterocycles. The molecule has 0 fully saturated rings. The highest BCUT2D eigenvalue weighted by molar-refractivity contribution is 7.90. The van der Waals surface area contributed by atoms with Crippen LogP contribution < -0.4 is 4.74 Å². The molecular weight excluding hydrogens is 276 g/mol. The van der Waals surface area contributed by atoms with E-state index in [-0.39, 0.29) is 11.5 Å². The van der Waals surface area contributed by atoms with E-state index >= 15 is 0 Å². The van der Waals surface area contributed by atoms with E-state index in [1.54, 1.807) is 19.2 Å². The maximum absolute atomic E-state index is 12.0. The molecule has 0 unspecified atom stereocenters. The number of alkyl halides is 2. The smallest absolute Gasteiger partial charge is 0.387 e. The van der Waals surface area contributed by atoms with Crippen LogP contribution in [-0.2, 0) is 16.4 Å². The first-order chi connectivity index (χ1) is 8.76. The molecule has 0 bridgehead atoms. The van der Waals surface area contributed by atoms with Crippen molar-refractivity contribution >= 4 is 9.84 Å². The number of hydrogen-bond acceptors (Lipinski definition) is 4. The Balaban J connectivity index is 2.48. The van der Waals surface area contributed by atoms with Gasteiger partial charge in [-0.1, -0.05) is 12.1 Å². The molecule has 0 N–H and O–H groups in total. The van der Waals surface area contributed by atoms with Gasteiger partial charge in [0.2, 0.25) is 0 Å². The molecule has 0 aliphatic rings. The number of halogens is 2. The molecule has 0 radical (unpaired) electrons. The van der Waals surface area contributed by atoms with Crippen LogP contribution in [0.25, 0.3) is 0 Å². The number of hydrogen-bond donors (Lipinski definition) is 0. The van der Waals surface area contributed by atoms with Gasteiger partial charge in [-0.25, -0.2) is 8.42 Å². The van der Waals surface area contributed by atoms with Crippen molar-refractivity contribution in [2.24, 2.45) is 0 Å². The Morgan fingerprint density at radius 1 is 1.26 bits per heavy atom. The fourth-order valence-electron chi connectivity index (χ4n) is 1.49. The van der Waals surface area contributed by atoms with Crippen LogP contribution in [0.3, 0.4) is 0 Å². The first kappa shape index (κ1) is 15.8. The van der Waals surface area contributed by atoms with Gasteiger partial charge in [-0.15, -0.1) is 0 Å². The minimum Gasteiger partial charge on any atom is -0.435 e. The van der Waals surface area contributed by atoms with Crippen LogP contribution in [0.4, 0.5) is 8.78 Å². The highest BCUT2D eigenvalue weighted by atomic mass is 32.2. The van der Waals surface area contributed by atoms with E-state index in [4.69, 9.17) is 0 Å². The quantitative estimate of drug-likeness (QED) is 0.768. The molecule has 4 nitrogen and oxygen atoms in total. The first-order valence-corrected chi connectivity index (χ1v) is 7.72. The Hall–Kier alpha value is -1.21. The Bertz CT molecular complexity index is 488. The largest absolute Gasteiger partial charge is 0.435 e. The monoisotopic (exact) mass is 293 g/mol. The summed E-state index contributed by atoms with van der Waals surface area (Å²) < 4.78 is 50.2. The van der Waals surface area contributed by atoms with Crippen LogP contribution in [0.2, 0.25) is 0 Å². The summed E-state index contributed by atoms with van der Waals surface area (Å²) in [5, 5.41) is 0. The molecule has 108 valence electrons. The summed E-state index contributed by atoms with van der Waals surface area (Å²) in [6.45, 7) is -1.86. The summed E-state index contributed by atoms with van der Waals surface area (Å²) in [4.78, 5) is 1.85. The fraction of sp³-hybridized carbons (Fsp3) is 0.500. The van der Waals surface area contributed by atoms with Gasteiger partial charge in [-0.2, -0.15) is 8.78 Å². The maximum atomic E-state index is 12.0. The number of benzene rings is 1. The third-order valence-electron chi connectivity index (χ3n) is 2.44. The predicted octanol–water partition coefficient (Wildman–Crippen LogP) is 1.76. The van der Waals surface area contributed by atoms with Gasteiger partial charge in [-0.3, -0.25) is 0 Å². The second-order valence-corrected chi connectivity index (χ2v) is 6.65. The Kier molecular flexibility index (Phi) is 5.68. The molecule has 1 aromatic rings. The Morgan fingerprint density at radius 3 is 2.32 bits per heavy atom. The van der Waals surface area contributed by atoms with Gasteiger partial charge in [0.05, 0.1) is 5.75 Å². The lowest BCUT2D eigenvalue weighted by molar-refractivity contribution is -0.0498. The molecule has 0 spiro atoms. The molecule has 0 aliphatic heterocycles. The van der Waals surface area contributed by atoms with Crippen LogP contribution in [0.1, 0.15) is 5.56 Å². The van der Waals surface area contributed by atoms with Gasteiger partial charge in [-0.05, 0) is 24.7 Å². The van der Waals surface area contributed by atoms with Gasteiger partial charge in [0.25, 0.3) is 0 Å². The summed E-state index contributed by atoms with van der Waals surface area (Å²) in [7, 11) is -1.18. The first-order valence-electron chi connectivity index (χ1n) is 5.66. The third-order valence-corrected chi connectivity index (χ3v) is 3.37. The van der Waals surface area contributed by atoms with E-state index in [0.29, 0.717) is 13.1 Å². The second-order valence-electron chi connectivity index (χ2n) is 4.39. The van der Waals surface area contributed by atoms with Crippen molar-refractivity contribution in [3.63, 3.8) is 0 Å². The molecule has 1 aromatic carbocycles. The summed E-state index contributed by atoms with van der Waals surface area (Å²) in [5.41, 5.74) is 0.901. The number of rotatable bonds is 7. The molecule has 0 atom stereocenters. The topological polar surface area (TPSA) is 46.6 Å². The number of sulfone groups is 1. The molecule has 0 saturated carbocycles. The lowest BCUT2D eigenvalue weighted by Crippen LogP contribution is -2.24. The van der Waals surface area contributed by atoms with E-state index in [9.17, 15) is 17.2 Å². The molecule has 0 heterocycles. The molecule has 7 heteroatoms. The minimum atomic E-state index is -2.98. The van der Waals surface area contributed by atoms with E-state index in [2.05, 4.69) is 4.74 Å². The lowest BCUT2D eigenvalue weighted by atomic mass is 10.2. The van der Waals surface area contributed by atoms with Crippen LogP contribution >= 0.6 is 0 Å². The van der Waals surface area contributed by atoms with Crippen molar-refractivity contribution in [3.8, 4) is 5.75 Å². The molecule has 0 amide bonds. The lowest BCUT2D eigenvalue weighted by Gasteiger charge is -2.16. The molecule has 19 heavy (non-hydrogen) atoms. The predicted molar refractivity (Wildman–Crippen MR) is 69.1 cm³/mol. The maximum Gasteiger partial charge on any atom is 0.387 e. The van der Waals surface area contributed by atoms with Gasteiger partial charge in [0, 0.05) is 19.3 Å². The van der Waals surface area contributed by atoms with Crippen LogP contribution in [0.15, 0.2) is 24.3 Å². The van der Waals surface area contributed by atoms with Crippen molar-refractivity contribution in [2.75, 3.05) is 25.6 Å². The fourth-order valence-corrected chi connectivity index (χ4v) is 2.13. The summed E-state index contributed by atoms with van der Waals surface area (Å²) in [5.74, 6) is 0.202. The van der Waals surface area contributed by atoms with Crippen molar-refractivity contribution in [3.05, 3.63) is 29.8 Å². The molecule has 0 saturated heterocycles. The number of ether oxygens (including phenoxy) is 1. The average molecular weight is 293 g/mol. The van der Waals surface area contributed by atoms with E-state index < -0.39 is 16.4 Å². The molecule has 1 rings (SSSR count). The Labute approximate surface area is 111 Å². The summed E-state index contributed by atoms with van der Waals surface area (Å²) in [6, 6.07) is 6.28. The third kappa shape index (κ3) is 7.07. The highest BCUT2D eigenvalue weighted by Crippen LogP contribution is 2.15. The Morgan fingerprint density at radius 2 is 1.84 bits per heavy atom. The van der Waals surface area contributed by atoms with Gasteiger partial charge < -0.3 is 9.64 Å². The van der Waals surface area contributed by atoms with E-state index in [0.717, 1.165) is 5.56 Å². The molecule has 0 aliphatic carbocycles. The highest BCUT2D eigenvalue weighted by Gasteiger charge is 2.07. The zero-order valence-electron chi connectivity index (χ0n) is 10.8. The normalized spacial score (nSPS) is 12.1. The van der Waals surface area contributed by atoms with Crippen molar-refractivity contribution in [2.45, 2.75) is 13.2 Å². The second kappa shape index (κ2) is 6.81. The van der Waals surface area contributed by atoms with Crippen LogP contribution in [0.5, 0.6) is 5.75 Å². The summed E-state index contributed by atoms with van der Waals surface area (Å²) in [6.07, 6.45) is 1.19. The van der Waals surface area contributed by atoms with Crippen LogP contribution in [0, 0.1) is 0 Å². The molecular formula is C12H17F2NO3S. The minimum absolute atomic E-state index is 0.0933. The van der Waals surface area contributed by atoms with Gasteiger partial charge >= 0.3 is 6.61 Å². The van der Waals surface area contributed by atoms with Crippen LogP contribution in [-0.4, -0.2) is 45.5 Å². The average Bonchev–Trinajstić information content (AvgIpc) is 2.28.